The summed E-state index contributed by atoms with van der Waals surface area (Å²) in [4.78, 5) is 12.9. The molecule has 1 saturated heterocycles. The Bertz CT molecular complexity index is 798. The maximum absolute atomic E-state index is 12.9. The predicted molar refractivity (Wildman–Crippen MR) is 111 cm³/mol. The molecule has 2 aromatic carbocycles. The van der Waals surface area contributed by atoms with Crippen LogP contribution in [0, 0.1) is 5.92 Å². The first-order valence-corrected chi connectivity index (χ1v) is 9.86. The molecular formula is C23H28ClNO2. The Balaban J connectivity index is 1.70. The molecule has 0 aliphatic carbocycles. The number of benzene rings is 2. The van der Waals surface area contributed by atoms with E-state index in [4.69, 9.17) is 16.3 Å². The van der Waals surface area contributed by atoms with Crippen LogP contribution in [0.5, 0.6) is 11.5 Å². The normalized spacial score (nSPS) is 18.9. The Kier molecular flexibility index (Phi) is 5.64. The van der Waals surface area contributed by atoms with Crippen LogP contribution in [-0.2, 0) is 0 Å². The number of carbonyl (C=O) groups excluding carboxylic acids is 1. The Morgan fingerprint density at radius 2 is 1.67 bits per heavy atom. The molecule has 1 heterocycles. The van der Waals surface area contributed by atoms with Crippen LogP contribution in [0.3, 0.4) is 0 Å². The monoisotopic (exact) mass is 385 g/mol. The van der Waals surface area contributed by atoms with Crippen molar-refractivity contribution >= 4 is 17.4 Å². The number of ether oxygens (including phenoxy) is 1. The molecule has 0 atom stereocenters. The lowest BCUT2D eigenvalue weighted by Gasteiger charge is -2.46. The van der Waals surface area contributed by atoms with Crippen LogP contribution in [0.1, 0.15) is 57.3 Å². The lowest BCUT2D eigenvalue weighted by atomic mass is 9.74. The van der Waals surface area contributed by atoms with Crippen molar-refractivity contribution < 1.29 is 9.53 Å². The minimum atomic E-state index is 0.0316. The molecule has 1 N–H and O–H groups in total. The number of rotatable bonds is 5. The molecular weight excluding hydrogens is 358 g/mol. The van der Waals surface area contributed by atoms with Gasteiger partial charge in [-0.3, -0.25) is 4.79 Å². The van der Waals surface area contributed by atoms with Crippen molar-refractivity contribution in [3.63, 3.8) is 0 Å². The van der Waals surface area contributed by atoms with Gasteiger partial charge in [-0.25, -0.2) is 0 Å². The molecule has 1 aliphatic heterocycles. The van der Waals surface area contributed by atoms with Crippen molar-refractivity contribution in [2.45, 2.75) is 58.0 Å². The number of para-hydroxylation sites is 1. The largest absolute Gasteiger partial charge is 0.457 e. The topological polar surface area (TPSA) is 38.3 Å². The van der Waals surface area contributed by atoms with Crippen molar-refractivity contribution in [3.05, 3.63) is 59.1 Å². The molecule has 0 amide bonds. The summed E-state index contributed by atoms with van der Waals surface area (Å²) in [6, 6.07) is 14.8. The molecule has 0 spiro atoms. The molecule has 4 heteroatoms. The lowest BCUT2D eigenvalue weighted by molar-refractivity contribution is 0.0864. The van der Waals surface area contributed by atoms with Crippen LogP contribution in [-0.4, -0.2) is 16.9 Å². The molecule has 3 nitrogen and oxygen atoms in total. The number of ketones is 1. The van der Waals surface area contributed by atoms with E-state index in [0.29, 0.717) is 28.7 Å². The fourth-order valence-corrected chi connectivity index (χ4v) is 4.74. The average Bonchev–Trinajstić information content (AvgIpc) is 2.52. The molecule has 0 aromatic heterocycles. The molecule has 0 radical (unpaired) electrons. The minimum absolute atomic E-state index is 0.0316. The van der Waals surface area contributed by atoms with E-state index in [-0.39, 0.29) is 16.9 Å². The summed E-state index contributed by atoms with van der Waals surface area (Å²) in [5.41, 5.74) is 0.638. The fraction of sp³-hybridized carbons (Fsp3) is 0.435. The summed E-state index contributed by atoms with van der Waals surface area (Å²) in [5, 5.41) is 4.11. The Labute approximate surface area is 167 Å². The van der Waals surface area contributed by atoms with E-state index in [1.165, 1.54) is 0 Å². The van der Waals surface area contributed by atoms with E-state index >= 15 is 0 Å². The SMILES string of the molecule is CC1(C)CC(CC(=O)c2ccc(Oc3ccccc3)cc2Cl)CC(C)(C)N1. The molecule has 0 bridgehead atoms. The van der Waals surface area contributed by atoms with Crippen molar-refractivity contribution in [1.29, 1.82) is 0 Å². The van der Waals surface area contributed by atoms with Gasteiger partial charge in [-0.1, -0.05) is 29.8 Å². The van der Waals surface area contributed by atoms with Crippen LogP contribution < -0.4 is 10.1 Å². The maximum atomic E-state index is 12.9. The summed E-state index contributed by atoms with van der Waals surface area (Å²) >= 11 is 6.41. The smallest absolute Gasteiger partial charge is 0.164 e. The zero-order valence-corrected chi connectivity index (χ0v) is 17.3. The second kappa shape index (κ2) is 7.65. The zero-order chi connectivity index (χ0) is 19.7. The number of hydrogen-bond acceptors (Lipinski definition) is 3. The van der Waals surface area contributed by atoms with Gasteiger partial charge in [-0.05, 0) is 70.7 Å². The molecule has 0 unspecified atom stereocenters. The predicted octanol–water partition coefficient (Wildman–Crippen LogP) is 6.26. The highest BCUT2D eigenvalue weighted by Gasteiger charge is 2.38. The van der Waals surface area contributed by atoms with Gasteiger partial charge in [0.05, 0.1) is 5.02 Å². The van der Waals surface area contributed by atoms with Gasteiger partial charge in [-0.15, -0.1) is 0 Å². The van der Waals surface area contributed by atoms with E-state index in [2.05, 4.69) is 33.0 Å². The van der Waals surface area contributed by atoms with Crippen LogP contribution in [0.15, 0.2) is 48.5 Å². The van der Waals surface area contributed by atoms with E-state index in [0.717, 1.165) is 18.6 Å². The number of nitrogens with one attached hydrogen (secondary N) is 1. The van der Waals surface area contributed by atoms with Crippen LogP contribution in [0.2, 0.25) is 5.02 Å². The molecule has 1 fully saturated rings. The average molecular weight is 386 g/mol. The number of Topliss-reactive ketones (excluding diaryl/α,β-unsaturated/α-hetero) is 1. The highest BCUT2D eigenvalue weighted by molar-refractivity contribution is 6.34. The third-order valence-electron chi connectivity index (χ3n) is 4.97. The fourth-order valence-electron chi connectivity index (χ4n) is 4.46. The number of hydrogen-bond donors (Lipinski definition) is 1. The van der Waals surface area contributed by atoms with Gasteiger partial charge in [0, 0.05) is 29.1 Å². The van der Waals surface area contributed by atoms with Crippen molar-refractivity contribution in [2.24, 2.45) is 5.92 Å². The van der Waals surface area contributed by atoms with Crippen molar-refractivity contribution in [3.8, 4) is 11.5 Å². The Hall–Kier alpha value is -1.84. The van der Waals surface area contributed by atoms with Gasteiger partial charge in [0.15, 0.2) is 5.78 Å². The van der Waals surface area contributed by atoms with Crippen LogP contribution >= 0.6 is 11.6 Å². The van der Waals surface area contributed by atoms with Gasteiger partial charge in [0.2, 0.25) is 0 Å². The van der Waals surface area contributed by atoms with Gasteiger partial charge in [-0.2, -0.15) is 0 Å². The first-order valence-electron chi connectivity index (χ1n) is 9.49. The highest BCUT2D eigenvalue weighted by atomic mass is 35.5. The van der Waals surface area contributed by atoms with Gasteiger partial charge in [0.25, 0.3) is 0 Å². The summed E-state index contributed by atoms with van der Waals surface area (Å²) in [6.45, 7) is 8.81. The first-order chi connectivity index (χ1) is 12.6. The van der Waals surface area contributed by atoms with Gasteiger partial charge >= 0.3 is 0 Å². The van der Waals surface area contributed by atoms with Crippen molar-refractivity contribution in [2.75, 3.05) is 0 Å². The summed E-state index contributed by atoms with van der Waals surface area (Å²) in [6.07, 6.45) is 2.48. The standard InChI is InChI=1S/C23H28ClNO2/c1-22(2)14-16(15-23(3,4)25-22)12-21(26)19-11-10-18(13-20(19)24)27-17-8-6-5-7-9-17/h5-11,13,16,25H,12,14-15H2,1-4H3. The van der Waals surface area contributed by atoms with Crippen LogP contribution in [0.25, 0.3) is 0 Å². The third kappa shape index (κ3) is 5.33. The van der Waals surface area contributed by atoms with Gasteiger partial charge < -0.3 is 10.1 Å². The molecule has 27 heavy (non-hydrogen) atoms. The molecule has 3 rings (SSSR count). The van der Waals surface area contributed by atoms with Crippen molar-refractivity contribution in [1.82, 2.24) is 5.32 Å². The maximum Gasteiger partial charge on any atom is 0.164 e. The molecule has 144 valence electrons. The molecule has 0 saturated carbocycles. The number of halogens is 1. The number of carbonyl (C=O) groups is 1. The van der Waals surface area contributed by atoms with E-state index in [9.17, 15) is 4.79 Å². The van der Waals surface area contributed by atoms with E-state index < -0.39 is 0 Å². The molecule has 1 aliphatic rings. The lowest BCUT2D eigenvalue weighted by Crippen LogP contribution is -2.57. The molecule has 2 aromatic rings. The number of piperidine rings is 1. The first kappa shape index (κ1) is 19.9. The summed E-state index contributed by atoms with van der Waals surface area (Å²) in [5.74, 6) is 1.82. The van der Waals surface area contributed by atoms with E-state index in [1.54, 1.807) is 12.1 Å². The highest BCUT2D eigenvalue weighted by Crippen LogP contribution is 2.36. The van der Waals surface area contributed by atoms with E-state index in [1.807, 2.05) is 36.4 Å². The zero-order valence-electron chi connectivity index (χ0n) is 16.5. The minimum Gasteiger partial charge on any atom is -0.457 e. The van der Waals surface area contributed by atoms with Crippen LogP contribution in [0.4, 0.5) is 0 Å². The second-order valence-corrected chi connectivity index (χ2v) is 9.26. The van der Waals surface area contributed by atoms with Gasteiger partial charge in [0.1, 0.15) is 11.5 Å². The summed E-state index contributed by atoms with van der Waals surface area (Å²) < 4.78 is 5.79. The Morgan fingerprint density at radius 3 is 2.26 bits per heavy atom. The summed E-state index contributed by atoms with van der Waals surface area (Å²) in [7, 11) is 0. The second-order valence-electron chi connectivity index (χ2n) is 8.85. The Morgan fingerprint density at radius 1 is 1.04 bits per heavy atom. The third-order valence-corrected chi connectivity index (χ3v) is 5.28. The quantitative estimate of drug-likeness (QED) is 0.617.